The Kier molecular flexibility index (Phi) is 12.4. The molecule has 0 spiro atoms. The number of morpholine rings is 1. The zero-order chi connectivity index (χ0) is 18.6. The summed E-state index contributed by atoms with van der Waals surface area (Å²) in [4.78, 5) is 6.61. The minimum absolute atomic E-state index is 0. The van der Waals surface area contributed by atoms with Crippen LogP contribution in [0.2, 0.25) is 0 Å². The maximum Gasteiger partial charge on any atom is 0.191 e. The van der Waals surface area contributed by atoms with Gasteiger partial charge in [-0.15, -0.1) is 24.0 Å². The Bertz CT molecular complexity index is 554. The van der Waals surface area contributed by atoms with Crippen molar-refractivity contribution in [2.24, 2.45) is 4.99 Å². The Labute approximate surface area is 179 Å². The summed E-state index contributed by atoms with van der Waals surface area (Å²) in [7, 11) is 3.46. The molecule has 1 fully saturated rings. The number of hydrogen-bond acceptors (Lipinski definition) is 5. The van der Waals surface area contributed by atoms with Crippen molar-refractivity contribution in [3.05, 3.63) is 29.8 Å². The summed E-state index contributed by atoms with van der Waals surface area (Å²) in [6, 6.07) is 8.36. The van der Waals surface area contributed by atoms with Crippen molar-refractivity contribution < 1.29 is 14.2 Å². The molecule has 2 rings (SSSR count). The second-order valence-corrected chi connectivity index (χ2v) is 6.38. The first kappa shape index (κ1) is 23.9. The van der Waals surface area contributed by atoms with E-state index >= 15 is 0 Å². The predicted molar refractivity (Wildman–Crippen MR) is 119 cm³/mol. The number of hydrogen-bond donors (Lipinski definition) is 2. The standard InChI is InChI=1S/C19H32N4O3.HI/c1-16(15-24-3)22-19(20-2)21-14-17-5-4-6-18(13-17)26-12-9-23-7-10-25-11-8-23;/h4-6,13,16H,7-12,14-15H2,1-3H3,(H2,20,21,22);1H. The van der Waals surface area contributed by atoms with Gasteiger partial charge in [0.05, 0.1) is 19.8 Å². The summed E-state index contributed by atoms with van der Waals surface area (Å²) in [5.41, 5.74) is 1.15. The molecule has 27 heavy (non-hydrogen) atoms. The van der Waals surface area contributed by atoms with Crippen LogP contribution in [0.4, 0.5) is 0 Å². The van der Waals surface area contributed by atoms with E-state index in [1.807, 2.05) is 12.1 Å². The zero-order valence-electron chi connectivity index (χ0n) is 16.6. The molecule has 1 heterocycles. The Morgan fingerprint density at radius 1 is 1.33 bits per heavy atom. The molecule has 1 aromatic carbocycles. The SMILES string of the molecule is CN=C(NCc1cccc(OCCN2CCOCC2)c1)NC(C)COC.I. The molecule has 154 valence electrons. The van der Waals surface area contributed by atoms with Crippen LogP contribution in [0.25, 0.3) is 0 Å². The van der Waals surface area contributed by atoms with Crippen LogP contribution in [-0.4, -0.2) is 77.1 Å². The Hall–Kier alpha value is -1.10. The summed E-state index contributed by atoms with van der Waals surface area (Å²) in [5, 5.41) is 6.61. The largest absolute Gasteiger partial charge is 0.492 e. The summed E-state index contributed by atoms with van der Waals surface area (Å²) in [6.45, 7) is 8.60. The van der Waals surface area contributed by atoms with E-state index < -0.39 is 0 Å². The van der Waals surface area contributed by atoms with Crippen LogP contribution in [0.15, 0.2) is 29.3 Å². The molecule has 8 heteroatoms. The molecule has 0 aliphatic carbocycles. The molecule has 1 unspecified atom stereocenters. The van der Waals surface area contributed by atoms with Gasteiger partial charge in [-0.05, 0) is 24.6 Å². The van der Waals surface area contributed by atoms with E-state index in [4.69, 9.17) is 14.2 Å². The molecule has 7 nitrogen and oxygen atoms in total. The van der Waals surface area contributed by atoms with Gasteiger partial charge in [-0.25, -0.2) is 0 Å². The number of nitrogens with zero attached hydrogens (tertiary/aromatic N) is 2. The predicted octanol–water partition coefficient (Wildman–Crippen LogP) is 1.72. The number of aliphatic imine (C=N–C) groups is 1. The van der Waals surface area contributed by atoms with Crippen molar-refractivity contribution >= 4 is 29.9 Å². The number of benzene rings is 1. The first-order chi connectivity index (χ1) is 12.7. The molecule has 0 radical (unpaired) electrons. The lowest BCUT2D eigenvalue weighted by molar-refractivity contribution is 0.0322. The fourth-order valence-corrected chi connectivity index (χ4v) is 2.77. The molecular weight excluding hydrogens is 459 g/mol. The number of nitrogens with one attached hydrogen (secondary N) is 2. The Morgan fingerprint density at radius 2 is 2.11 bits per heavy atom. The van der Waals surface area contributed by atoms with Crippen molar-refractivity contribution in [1.82, 2.24) is 15.5 Å². The Balaban J connectivity index is 0.00000364. The van der Waals surface area contributed by atoms with Gasteiger partial charge in [-0.1, -0.05) is 12.1 Å². The molecular formula is C19H33IN4O3. The van der Waals surface area contributed by atoms with E-state index in [2.05, 4.69) is 39.6 Å². The highest BCUT2D eigenvalue weighted by molar-refractivity contribution is 14.0. The molecule has 1 aliphatic heterocycles. The maximum atomic E-state index is 5.91. The minimum Gasteiger partial charge on any atom is -0.492 e. The van der Waals surface area contributed by atoms with Crippen LogP contribution in [0, 0.1) is 0 Å². The summed E-state index contributed by atoms with van der Waals surface area (Å²) < 4.78 is 16.4. The van der Waals surface area contributed by atoms with Crippen LogP contribution in [0.1, 0.15) is 12.5 Å². The van der Waals surface area contributed by atoms with Crippen molar-refractivity contribution in [1.29, 1.82) is 0 Å². The molecule has 0 bridgehead atoms. The average molecular weight is 492 g/mol. The summed E-state index contributed by atoms with van der Waals surface area (Å²) >= 11 is 0. The average Bonchev–Trinajstić information content (AvgIpc) is 2.66. The monoisotopic (exact) mass is 492 g/mol. The van der Waals surface area contributed by atoms with Crippen LogP contribution < -0.4 is 15.4 Å². The first-order valence-electron chi connectivity index (χ1n) is 9.19. The van der Waals surface area contributed by atoms with Gasteiger partial charge in [0.15, 0.2) is 5.96 Å². The molecule has 0 saturated carbocycles. The van der Waals surface area contributed by atoms with E-state index in [0.717, 1.165) is 50.1 Å². The topological polar surface area (TPSA) is 67.4 Å². The third kappa shape index (κ3) is 9.59. The number of ether oxygens (including phenoxy) is 3. The fourth-order valence-electron chi connectivity index (χ4n) is 2.77. The van der Waals surface area contributed by atoms with Gasteiger partial charge < -0.3 is 24.8 Å². The lowest BCUT2D eigenvalue weighted by Crippen LogP contribution is -2.43. The van der Waals surface area contributed by atoms with E-state index in [9.17, 15) is 0 Å². The molecule has 2 N–H and O–H groups in total. The van der Waals surface area contributed by atoms with Gasteiger partial charge in [0.25, 0.3) is 0 Å². The van der Waals surface area contributed by atoms with Gasteiger partial charge in [0.1, 0.15) is 12.4 Å². The van der Waals surface area contributed by atoms with Crippen LogP contribution in [0.5, 0.6) is 5.75 Å². The normalized spacial score (nSPS) is 16.3. The molecule has 1 saturated heterocycles. The lowest BCUT2D eigenvalue weighted by atomic mass is 10.2. The van der Waals surface area contributed by atoms with E-state index in [1.165, 1.54) is 0 Å². The molecule has 0 aromatic heterocycles. The van der Waals surface area contributed by atoms with Gasteiger partial charge in [0.2, 0.25) is 0 Å². The first-order valence-corrected chi connectivity index (χ1v) is 9.19. The van der Waals surface area contributed by atoms with E-state index in [1.54, 1.807) is 14.2 Å². The maximum absolute atomic E-state index is 5.91. The quantitative estimate of drug-likeness (QED) is 0.311. The second-order valence-electron chi connectivity index (χ2n) is 6.38. The highest BCUT2D eigenvalue weighted by Gasteiger charge is 2.10. The van der Waals surface area contributed by atoms with Crippen molar-refractivity contribution in [2.45, 2.75) is 19.5 Å². The number of guanidine groups is 1. The number of rotatable bonds is 9. The van der Waals surface area contributed by atoms with Gasteiger partial charge >= 0.3 is 0 Å². The molecule has 1 atom stereocenters. The lowest BCUT2D eigenvalue weighted by Gasteiger charge is -2.26. The molecule has 1 aromatic rings. The molecule has 0 amide bonds. The highest BCUT2D eigenvalue weighted by Crippen LogP contribution is 2.13. The Morgan fingerprint density at radius 3 is 2.81 bits per heavy atom. The highest BCUT2D eigenvalue weighted by atomic mass is 127. The van der Waals surface area contributed by atoms with E-state index in [0.29, 0.717) is 19.8 Å². The zero-order valence-corrected chi connectivity index (χ0v) is 18.9. The van der Waals surface area contributed by atoms with Crippen LogP contribution in [-0.2, 0) is 16.0 Å². The van der Waals surface area contributed by atoms with Crippen LogP contribution >= 0.6 is 24.0 Å². The van der Waals surface area contributed by atoms with E-state index in [-0.39, 0.29) is 30.0 Å². The van der Waals surface area contributed by atoms with Crippen molar-refractivity contribution in [2.75, 3.05) is 60.2 Å². The molecule has 1 aliphatic rings. The van der Waals surface area contributed by atoms with Crippen molar-refractivity contribution in [3.63, 3.8) is 0 Å². The minimum atomic E-state index is 0. The summed E-state index contributed by atoms with van der Waals surface area (Å²) in [6.07, 6.45) is 0. The van der Waals surface area contributed by atoms with Gasteiger partial charge in [-0.3, -0.25) is 9.89 Å². The van der Waals surface area contributed by atoms with Gasteiger partial charge in [-0.2, -0.15) is 0 Å². The third-order valence-electron chi connectivity index (χ3n) is 4.16. The smallest absolute Gasteiger partial charge is 0.191 e. The van der Waals surface area contributed by atoms with Gasteiger partial charge in [0, 0.05) is 46.4 Å². The fraction of sp³-hybridized carbons (Fsp3) is 0.632. The number of halogens is 1. The summed E-state index contributed by atoms with van der Waals surface area (Å²) in [5.74, 6) is 1.65. The second kappa shape index (κ2) is 14.0. The van der Waals surface area contributed by atoms with Crippen LogP contribution in [0.3, 0.4) is 0 Å². The third-order valence-corrected chi connectivity index (χ3v) is 4.16. The van der Waals surface area contributed by atoms with Crippen molar-refractivity contribution in [3.8, 4) is 5.75 Å². The number of methoxy groups -OCH3 is 1.